The number of rotatable bonds is 7. The summed E-state index contributed by atoms with van der Waals surface area (Å²) in [6.07, 6.45) is 0.510. The van der Waals surface area contributed by atoms with E-state index in [0.29, 0.717) is 13.0 Å². The Bertz CT molecular complexity index is 234. The highest BCUT2D eigenvalue weighted by Gasteiger charge is 2.13. The van der Waals surface area contributed by atoms with Gasteiger partial charge in [0.15, 0.2) is 0 Å². The molecule has 0 unspecified atom stereocenters. The maximum atomic E-state index is 11.1. The molecule has 0 bridgehead atoms. The van der Waals surface area contributed by atoms with E-state index in [-0.39, 0.29) is 25.2 Å². The van der Waals surface area contributed by atoms with Crippen molar-refractivity contribution in [3.05, 3.63) is 12.2 Å². The number of ether oxygens (including phenoxy) is 2. The van der Waals surface area contributed by atoms with Crippen LogP contribution in [0.15, 0.2) is 12.2 Å². The van der Waals surface area contributed by atoms with Gasteiger partial charge in [-0.3, -0.25) is 4.79 Å². The van der Waals surface area contributed by atoms with Gasteiger partial charge in [-0.05, 0) is 6.42 Å². The number of hydrogen-bond acceptors (Lipinski definition) is 5. The van der Waals surface area contributed by atoms with Gasteiger partial charge in [0.05, 0.1) is 19.6 Å². The average molecular weight is 216 g/mol. The summed E-state index contributed by atoms with van der Waals surface area (Å²) >= 11 is 0. The molecule has 0 aliphatic carbocycles. The van der Waals surface area contributed by atoms with Crippen molar-refractivity contribution in [3.8, 4) is 0 Å². The van der Waals surface area contributed by atoms with Crippen LogP contribution in [-0.4, -0.2) is 36.9 Å². The number of carbonyl (C=O) groups excluding carboxylic acids is 2. The minimum atomic E-state index is -0.595. The van der Waals surface area contributed by atoms with E-state index in [1.165, 1.54) is 0 Å². The SMILES string of the molecule is C=C(CC(=O)OCCO)C(=O)OCCC. The third-order valence-electron chi connectivity index (χ3n) is 1.44. The first kappa shape index (κ1) is 13.6. The molecule has 15 heavy (non-hydrogen) atoms. The van der Waals surface area contributed by atoms with Gasteiger partial charge in [0, 0.05) is 5.57 Å². The summed E-state index contributed by atoms with van der Waals surface area (Å²) in [5.74, 6) is -1.18. The minimum Gasteiger partial charge on any atom is -0.463 e. The van der Waals surface area contributed by atoms with Crippen molar-refractivity contribution < 1.29 is 24.2 Å². The summed E-state index contributed by atoms with van der Waals surface area (Å²) in [7, 11) is 0. The molecular weight excluding hydrogens is 200 g/mol. The number of aliphatic hydroxyl groups excluding tert-OH is 1. The van der Waals surface area contributed by atoms with Crippen molar-refractivity contribution in [2.24, 2.45) is 0 Å². The van der Waals surface area contributed by atoms with E-state index < -0.39 is 11.9 Å². The molecule has 1 N–H and O–H groups in total. The maximum absolute atomic E-state index is 11.1. The van der Waals surface area contributed by atoms with Crippen LogP contribution in [0.25, 0.3) is 0 Å². The molecule has 0 radical (unpaired) electrons. The minimum absolute atomic E-state index is 0.0615. The van der Waals surface area contributed by atoms with Crippen molar-refractivity contribution in [1.29, 1.82) is 0 Å². The highest BCUT2D eigenvalue weighted by Crippen LogP contribution is 2.03. The van der Waals surface area contributed by atoms with Crippen LogP contribution in [0.2, 0.25) is 0 Å². The molecule has 0 saturated carbocycles. The number of hydrogen-bond donors (Lipinski definition) is 1. The van der Waals surface area contributed by atoms with Crippen LogP contribution in [-0.2, 0) is 19.1 Å². The standard InChI is InChI=1S/C10H16O5/c1-3-5-15-10(13)8(2)7-9(12)14-6-4-11/h11H,2-7H2,1H3. The van der Waals surface area contributed by atoms with E-state index >= 15 is 0 Å². The fourth-order valence-electron chi connectivity index (χ4n) is 0.754. The van der Waals surface area contributed by atoms with Crippen molar-refractivity contribution >= 4 is 11.9 Å². The van der Waals surface area contributed by atoms with Crippen LogP contribution in [0.3, 0.4) is 0 Å². The molecule has 0 amide bonds. The number of esters is 2. The summed E-state index contributed by atoms with van der Waals surface area (Å²) in [5, 5.41) is 8.38. The molecule has 0 atom stereocenters. The molecule has 0 fully saturated rings. The molecule has 0 aromatic heterocycles. The third-order valence-corrected chi connectivity index (χ3v) is 1.44. The summed E-state index contributed by atoms with van der Waals surface area (Å²) in [5.41, 5.74) is 0.0615. The second-order valence-electron chi connectivity index (χ2n) is 2.86. The number of carbonyl (C=O) groups is 2. The van der Waals surface area contributed by atoms with E-state index in [9.17, 15) is 9.59 Å². The van der Waals surface area contributed by atoms with Gasteiger partial charge in [-0.25, -0.2) is 4.79 Å². The molecule has 0 rings (SSSR count). The quantitative estimate of drug-likeness (QED) is 0.493. The lowest BCUT2D eigenvalue weighted by molar-refractivity contribution is -0.146. The van der Waals surface area contributed by atoms with Crippen molar-refractivity contribution in [1.82, 2.24) is 0 Å². The van der Waals surface area contributed by atoms with E-state index in [1.54, 1.807) is 0 Å². The largest absolute Gasteiger partial charge is 0.463 e. The van der Waals surface area contributed by atoms with Gasteiger partial charge < -0.3 is 14.6 Å². The van der Waals surface area contributed by atoms with Crippen LogP contribution in [0.5, 0.6) is 0 Å². The highest BCUT2D eigenvalue weighted by molar-refractivity contribution is 5.93. The third kappa shape index (κ3) is 6.68. The highest BCUT2D eigenvalue weighted by atomic mass is 16.5. The van der Waals surface area contributed by atoms with Crippen LogP contribution < -0.4 is 0 Å². The topological polar surface area (TPSA) is 72.8 Å². The molecule has 0 aromatic carbocycles. The molecule has 0 aromatic rings. The molecule has 0 aliphatic rings. The lowest BCUT2D eigenvalue weighted by atomic mass is 10.2. The molecule has 0 saturated heterocycles. The van der Waals surface area contributed by atoms with Crippen LogP contribution in [0, 0.1) is 0 Å². The van der Waals surface area contributed by atoms with E-state index in [2.05, 4.69) is 11.3 Å². The molecule has 0 heterocycles. The Hall–Kier alpha value is -1.36. The lowest BCUT2D eigenvalue weighted by Crippen LogP contribution is -2.14. The molecule has 86 valence electrons. The van der Waals surface area contributed by atoms with E-state index in [1.807, 2.05) is 6.92 Å². The number of aliphatic hydroxyl groups is 1. The Morgan fingerprint density at radius 1 is 1.27 bits per heavy atom. The lowest BCUT2D eigenvalue weighted by Gasteiger charge is -2.05. The monoisotopic (exact) mass is 216 g/mol. The van der Waals surface area contributed by atoms with Gasteiger partial charge in [-0.15, -0.1) is 0 Å². The summed E-state index contributed by atoms with van der Waals surface area (Å²) < 4.78 is 9.32. The van der Waals surface area contributed by atoms with Gasteiger partial charge in [0.2, 0.25) is 0 Å². The fraction of sp³-hybridized carbons (Fsp3) is 0.600. The van der Waals surface area contributed by atoms with Crippen molar-refractivity contribution in [3.63, 3.8) is 0 Å². The second kappa shape index (κ2) is 7.99. The van der Waals surface area contributed by atoms with Gasteiger partial charge >= 0.3 is 11.9 Å². The van der Waals surface area contributed by atoms with Gasteiger partial charge in [0.1, 0.15) is 6.61 Å². The van der Waals surface area contributed by atoms with Crippen molar-refractivity contribution in [2.75, 3.05) is 19.8 Å². The summed E-state index contributed by atoms with van der Waals surface area (Å²) in [4.78, 5) is 22.1. The van der Waals surface area contributed by atoms with Gasteiger partial charge in [-0.1, -0.05) is 13.5 Å². The fourth-order valence-corrected chi connectivity index (χ4v) is 0.754. The summed E-state index contributed by atoms with van der Waals surface area (Å²) in [6.45, 7) is 5.28. The average Bonchev–Trinajstić information content (AvgIpc) is 2.22. The Balaban J connectivity index is 3.80. The molecular formula is C10H16O5. The Kier molecular flexibility index (Phi) is 7.27. The molecule has 0 aliphatic heterocycles. The molecule has 0 spiro atoms. The normalized spacial score (nSPS) is 9.47. The Morgan fingerprint density at radius 2 is 1.93 bits per heavy atom. The van der Waals surface area contributed by atoms with E-state index in [4.69, 9.17) is 9.84 Å². The van der Waals surface area contributed by atoms with Gasteiger partial charge in [0.25, 0.3) is 0 Å². The van der Waals surface area contributed by atoms with E-state index in [0.717, 1.165) is 0 Å². The van der Waals surface area contributed by atoms with Crippen LogP contribution in [0.4, 0.5) is 0 Å². The first-order valence-corrected chi connectivity index (χ1v) is 4.73. The zero-order chi connectivity index (χ0) is 11.7. The van der Waals surface area contributed by atoms with Crippen LogP contribution >= 0.6 is 0 Å². The molecule has 5 nitrogen and oxygen atoms in total. The zero-order valence-corrected chi connectivity index (χ0v) is 8.82. The van der Waals surface area contributed by atoms with Crippen LogP contribution in [0.1, 0.15) is 19.8 Å². The smallest absolute Gasteiger partial charge is 0.333 e. The summed E-state index contributed by atoms with van der Waals surface area (Å²) in [6, 6.07) is 0. The first-order chi connectivity index (χ1) is 7.11. The van der Waals surface area contributed by atoms with Crippen molar-refractivity contribution in [2.45, 2.75) is 19.8 Å². The first-order valence-electron chi connectivity index (χ1n) is 4.73. The Labute approximate surface area is 88.7 Å². The maximum Gasteiger partial charge on any atom is 0.333 e. The zero-order valence-electron chi connectivity index (χ0n) is 8.82. The molecule has 5 heteroatoms. The predicted octanol–water partition coefficient (Wildman–Crippen LogP) is 0.421. The predicted molar refractivity (Wildman–Crippen MR) is 53.1 cm³/mol. The Morgan fingerprint density at radius 3 is 2.47 bits per heavy atom. The van der Waals surface area contributed by atoms with Gasteiger partial charge in [-0.2, -0.15) is 0 Å². The second-order valence-corrected chi connectivity index (χ2v) is 2.86.